The minimum absolute atomic E-state index is 0.0250. The van der Waals surface area contributed by atoms with Crippen molar-refractivity contribution in [2.24, 2.45) is 0 Å². The van der Waals surface area contributed by atoms with E-state index in [9.17, 15) is 31.6 Å². The molecule has 4 rings (SSSR count). The zero-order chi connectivity index (χ0) is 28.2. The van der Waals surface area contributed by atoms with Crippen molar-refractivity contribution < 1.29 is 30.6 Å². The maximum absolute atomic E-state index is 12.9. The predicted octanol–water partition coefficient (Wildman–Crippen LogP) is 6.67. The Labute approximate surface area is 224 Å². The third-order valence-corrected chi connectivity index (χ3v) is 6.73. The number of anilines is 2. The maximum atomic E-state index is 12.9. The lowest BCUT2D eigenvalue weighted by molar-refractivity contribution is -0.137. The van der Waals surface area contributed by atoms with E-state index in [4.69, 9.17) is 4.18 Å². The Hall–Kier alpha value is -4.11. The van der Waals surface area contributed by atoms with E-state index in [0.29, 0.717) is 22.5 Å². The van der Waals surface area contributed by atoms with Gasteiger partial charge in [0.15, 0.2) is 0 Å². The van der Waals surface area contributed by atoms with Gasteiger partial charge < -0.3 is 14.8 Å². The first-order valence-corrected chi connectivity index (χ1v) is 13.9. The minimum Gasteiger partial charge on any atom is -0.360 e. The number of halogens is 3. The van der Waals surface area contributed by atoms with E-state index in [-0.39, 0.29) is 23.0 Å². The molecule has 39 heavy (non-hydrogen) atoms. The number of nitrogens with zero attached hydrogens (tertiary/aromatic N) is 2. The fourth-order valence-electron chi connectivity index (χ4n) is 4.49. The van der Waals surface area contributed by atoms with Crippen LogP contribution in [0.4, 0.5) is 29.3 Å². The molecule has 3 aromatic rings. The van der Waals surface area contributed by atoms with Crippen LogP contribution in [0.2, 0.25) is 0 Å². The number of alkyl halides is 3. The summed E-state index contributed by atoms with van der Waals surface area (Å²) in [4.78, 5) is 16.8. The fraction of sp³-hybridized carbons (Fsp3) is 0.296. The van der Waals surface area contributed by atoms with E-state index >= 15 is 0 Å². The smallest absolute Gasteiger partial charge is 0.360 e. The van der Waals surface area contributed by atoms with Crippen LogP contribution in [0.15, 0.2) is 54.6 Å². The molecule has 0 aliphatic heterocycles. The number of carbonyl (C=O) groups excluding carboxylic acids is 1. The Morgan fingerprint density at radius 2 is 1.69 bits per heavy atom. The maximum Gasteiger partial charge on any atom is 0.416 e. The molecular weight excluding hydrogens is 533 g/mol. The van der Waals surface area contributed by atoms with Crippen LogP contribution in [0.1, 0.15) is 54.8 Å². The van der Waals surface area contributed by atoms with E-state index in [0.717, 1.165) is 50.5 Å². The third kappa shape index (κ3) is 7.26. The number of nitrogens with one attached hydrogen (secondary N) is 2. The number of rotatable bonds is 6. The summed E-state index contributed by atoms with van der Waals surface area (Å²) in [5.41, 5.74) is 1.04. The Morgan fingerprint density at radius 1 is 1.03 bits per heavy atom. The zero-order valence-corrected chi connectivity index (χ0v) is 21.7. The summed E-state index contributed by atoms with van der Waals surface area (Å²) < 4.78 is 67.6. The van der Waals surface area contributed by atoms with Gasteiger partial charge in [0, 0.05) is 28.6 Å². The largest absolute Gasteiger partial charge is 0.416 e. The van der Waals surface area contributed by atoms with Crippen molar-refractivity contribution in [3.63, 3.8) is 0 Å². The molecule has 0 spiro atoms. The summed E-state index contributed by atoms with van der Waals surface area (Å²) in [6, 6.07) is 13.7. The van der Waals surface area contributed by atoms with Crippen LogP contribution in [0.5, 0.6) is 5.88 Å². The molecule has 0 unspecified atom stereocenters. The van der Waals surface area contributed by atoms with Gasteiger partial charge in [-0.15, -0.1) is 0 Å². The highest BCUT2D eigenvalue weighted by molar-refractivity contribution is 7.86. The van der Waals surface area contributed by atoms with Crippen LogP contribution in [0.25, 0.3) is 11.1 Å². The second-order valence-electron chi connectivity index (χ2n) is 9.24. The van der Waals surface area contributed by atoms with Gasteiger partial charge in [-0.1, -0.05) is 37.5 Å². The molecule has 1 aliphatic rings. The Kier molecular flexibility index (Phi) is 8.11. The first kappa shape index (κ1) is 27.9. The Bertz CT molecular complexity index is 1510. The minimum atomic E-state index is -4.54. The molecule has 1 fully saturated rings. The summed E-state index contributed by atoms with van der Waals surface area (Å²) in [6.07, 6.45) is 1.28. The molecule has 1 aliphatic carbocycles. The quantitative estimate of drug-likeness (QED) is 0.326. The second-order valence-corrected chi connectivity index (χ2v) is 10.8. The number of aromatic nitrogens is 1. The molecule has 1 aromatic heterocycles. The van der Waals surface area contributed by atoms with Gasteiger partial charge >= 0.3 is 22.3 Å². The number of pyridine rings is 1. The average molecular weight is 559 g/mol. The highest BCUT2D eigenvalue weighted by atomic mass is 32.2. The van der Waals surface area contributed by atoms with Crippen molar-refractivity contribution in [2.45, 2.75) is 44.2 Å². The normalized spacial score (nSPS) is 14.3. The molecule has 0 bridgehead atoms. The molecule has 1 saturated carbocycles. The lowest BCUT2D eigenvalue weighted by Crippen LogP contribution is -2.19. The van der Waals surface area contributed by atoms with Gasteiger partial charge in [-0.25, -0.2) is 9.78 Å². The van der Waals surface area contributed by atoms with Gasteiger partial charge in [0.2, 0.25) is 0 Å². The van der Waals surface area contributed by atoms with E-state index in [1.54, 1.807) is 30.3 Å². The SMILES string of the molecule is CS(=O)(=O)Oc1nc(C2CCCCC2)cc(-c2ccc(NC(=O)Nc3cccc(C(F)(F)F)c3)cc2)c1C#N. The van der Waals surface area contributed by atoms with Crippen LogP contribution < -0.4 is 14.8 Å². The fourth-order valence-corrected chi connectivity index (χ4v) is 4.89. The van der Waals surface area contributed by atoms with Crippen molar-refractivity contribution in [3.8, 4) is 23.1 Å². The molecule has 0 radical (unpaired) electrons. The highest BCUT2D eigenvalue weighted by Crippen LogP contribution is 2.38. The summed E-state index contributed by atoms with van der Waals surface area (Å²) in [7, 11) is -3.94. The zero-order valence-electron chi connectivity index (χ0n) is 20.9. The van der Waals surface area contributed by atoms with E-state index in [1.165, 1.54) is 12.1 Å². The van der Waals surface area contributed by atoms with Crippen LogP contribution in [0.3, 0.4) is 0 Å². The lowest BCUT2D eigenvalue weighted by Gasteiger charge is -2.22. The summed E-state index contributed by atoms with van der Waals surface area (Å²) in [5, 5.41) is 14.8. The van der Waals surface area contributed by atoms with Crippen LogP contribution in [-0.4, -0.2) is 25.7 Å². The van der Waals surface area contributed by atoms with Gasteiger partial charge in [0.1, 0.15) is 11.6 Å². The van der Waals surface area contributed by atoms with Gasteiger partial charge in [-0.05, 0) is 54.8 Å². The molecular formula is C27H25F3N4O4S. The van der Waals surface area contributed by atoms with E-state index in [1.807, 2.05) is 6.07 Å². The summed E-state index contributed by atoms with van der Waals surface area (Å²) >= 11 is 0. The van der Waals surface area contributed by atoms with Gasteiger partial charge in [0.05, 0.1) is 11.8 Å². The van der Waals surface area contributed by atoms with Gasteiger partial charge in [-0.3, -0.25) is 0 Å². The molecule has 12 heteroatoms. The number of carbonyl (C=O) groups is 1. The molecule has 204 valence electrons. The van der Waals surface area contributed by atoms with Crippen molar-refractivity contribution in [2.75, 3.05) is 16.9 Å². The predicted molar refractivity (Wildman–Crippen MR) is 140 cm³/mol. The third-order valence-electron chi connectivity index (χ3n) is 6.27. The molecule has 1 heterocycles. The highest BCUT2D eigenvalue weighted by Gasteiger charge is 2.30. The summed E-state index contributed by atoms with van der Waals surface area (Å²) in [6.45, 7) is 0. The number of hydrogen-bond donors (Lipinski definition) is 2. The molecule has 8 nitrogen and oxygen atoms in total. The number of hydrogen-bond acceptors (Lipinski definition) is 6. The first-order valence-electron chi connectivity index (χ1n) is 12.1. The molecule has 2 N–H and O–H groups in total. The van der Waals surface area contributed by atoms with Gasteiger partial charge in [0.25, 0.3) is 5.88 Å². The topological polar surface area (TPSA) is 121 Å². The monoisotopic (exact) mass is 558 g/mol. The van der Waals surface area contributed by atoms with E-state index < -0.39 is 27.9 Å². The number of nitriles is 1. The van der Waals surface area contributed by atoms with Crippen molar-refractivity contribution in [1.82, 2.24) is 4.98 Å². The summed E-state index contributed by atoms with van der Waals surface area (Å²) in [5.74, 6) is -0.173. The van der Waals surface area contributed by atoms with E-state index in [2.05, 4.69) is 15.6 Å². The Morgan fingerprint density at radius 3 is 2.31 bits per heavy atom. The first-order chi connectivity index (χ1) is 18.4. The van der Waals surface area contributed by atoms with Crippen LogP contribution >= 0.6 is 0 Å². The van der Waals surface area contributed by atoms with Crippen molar-refractivity contribution in [3.05, 3.63) is 71.4 Å². The average Bonchev–Trinajstić information content (AvgIpc) is 2.88. The lowest BCUT2D eigenvalue weighted by atomic mass is 9.85. The van der Waals surface area contributed by atoms with Crippen molar-refractivity contribution in [1.29, 1.82) is 5.26 Å². The molecule has 0 saturated heterocycles. The second kappa shape index (κ2) is 11.3. The molecule has 0 atom stereocenters. The van der Waals surface area contributed by atoms with Crippen LogP contribution in [-0.2, 0) is 16.3 Å². The number of benzene rings is 2. The standard InChI is InChI=1S/C27H25F3N4O4S/c1-39(36,37)38-25-23(16-31)22(15-24(34-25)18-6-3-2-4-7-18)17-10-12-20(13-11-17)32-26(35)33-21-9-5-8-19(14-21)27(28,29)30/h5,8-15,18H,2-4,6-7H2,1H3,(H2,32,33,35). The Balaban J connectivity index is 1.59. The molecule has 2 aromatic carbocycles. The van der Waals surface area contributed by atoms with Gasteiger partial charge in [-0.2, -0.15) is 26.9 Å². The van der Waals surface area contributed by atoms with Crippen molar-refractivity contribution >= 4 is 27.5 Å². The number of amides is 2. The van der Waals surface area contributed by atoms with Crippen LogP contribution in [0, 0.1) is 11.3 Å². The number of urea groups is 1. The molecule has 2 amide bonds.